The van der Waals surface area contributed by atoms with Crippen LogP contribution >= 0.6 is 11.8 Å². The van der Waals surface area contributed by atoms with Gasteiger partial charge in [0.25, 0.3) is 5.69 Å². The summed E-state index contributed by atoms with van der Waals surface area (Å²) in [5.74, 6) is 1.65. The van der Waals surface area contributed by atoms with Crippen molar-refractivity contribution in [1.82, 2.24) is 0 Å². The molecule has 1 aliphatic rings. The van der Waals surface area contributed by atoms with Crippen LogP contribution in [-0.4, -0.2) is 28.6 Å². The van der Waals surface area contributed by atoms with E-state index in [9.17, 15) is 10.1 Å². The van der Waals surface area contributed by atoms with E-state index in [2.05, 4.69) is 12.2 Å². The van der Waals surface area contributed by atoms with Crippen molar-refractivity contribution in [2.75, 3.05) is 17.7 Å². The van der Waals surface area contributed by atoms with E-state index in [0.29, 0.717) is 23.6 Å². The molecule has 6 heteroatoms. The number of thioether (sulfide) groups is 1. The van der Waals surface area contributed by atoms with E-state index in [0.717, 1.165) is 17.9 Å². The first-order chi connectivity index (χ1) is 10.1. The molecule has 5 nitrogen and oxygen atoms in total. The van der Waals surface area contributed by atoms with Crippen LogP contribution < -0.4 is 10.1 Å². The average Bonchev–Trinajstić information content (AvgIpc) is 2.86. The quantitative estimate of drug-likeness (QED) is 0.607. The van der Waals surface area contributed by atoms with Crippen LogP contribution in [0.5, 0.6) is 5.75 Å². The third-order valence-corrected chi connectivity index (χ3v) is 4.92. The summed E-state index contributed by atoms with van der Waals surface area (Å²) >= 11 is 1.96. The Morgan fingerprint density at radius 3 is 2.86 bits per heavy atom. The minimum absolute atomic E-state index is 0.0705. The van der Waals surface area contributed by atoms with Gasteiger partial charge in [-0.1, -0.05) is 13.3 Å². The van der Waals surface area contributed by atoms with Crippen LogP contribution in [0.3, 0.4) is 0 Å². The lowest BCUT2D eigenvalue weighted by atomic mass is 10.2. The minimum atomic E-state index is -0.374. The number of nitrogens with zero attached hydrogens (tertiary/aromatic N) is 1. The molecular weight excluding hydrogens is 288 g/mol. The second-order valence-corrected chi connectivity index (χ2v) is 6.60. The Kier molecular flexibility index (Phi) is 5.73. The van der Waals surface area contributed by atoms with Gasteiger partial charge in [0, 0.05) is 29.1 Å². The van der Waals surface area contributed by atoms with E-state index in [1.807, 2.05) is 24.8 Å². The zero-order valence-electron chi connectivity index (χ0n) is 12.5. The summed E-state index contributed by atoms with van der Waals surface area (Å²) in [6, 6.07) is 5.30. The lowest BCUT2D eigenvalue weighted by Gasteiger charge is -2.21. The number of nitrogens with one attached hydrogen (secondary N) is 1. The van der Waals surface area contributed by atoms with E-state index in [1.165, 1.54) is 18.9 Å². The Labute approximate surface area is 129 Å². The maximum absolute atomic E-state index is 11.0. The zero-order valence-corrected chi connectivity index (χ0v) is 13.3. The highest BCUT2D eigenvalue weighted by molar-refractivity contribution is 7.99. The molecule has 0 saturated heterocycles. The van der Waals surface area contributed by atoms with Crippen LogP contribution in [0.25, 0.3) is 0 Å². The molecule has 2 unspecified atom stereocenters. The van der Waals surface area contributed by atoms with E-state index < -0.39 is 0 Å². The van der Waals surface area contributed by atoms with Gasteiger partial charge >= 0.3 is 0 Å². The molecule has 0 radical (unpaired) electrons. The molecule has 2 atom stereocenters. The first kappa shape index (κ1) is 15.9. The fourth-order valence-corrected chi connectivity index (χ4v) is 3.94. The molecule has 0 aliphatic heterocycles. The van der Waals surface area contributed by atoms with E-state index in [4.69, 9.17) is 4.74 Å². The van der Waals surface area contributed by atoms with Gasteiger partial charge in [0.05, 0.1) is 17.6 Å². The Balaban J connectivity index is 2.16. The molecule has 1 N–H and O–H groups in total. The number of non-ortho nitro benzene ring substituents is 1. The second-order valence-electron chi connectivity index (χ2n) is 5.08. The number of benzene rings is 1. The third-order valence-electron chi connectivity index (χ3n) is 3.60. The van der Waals surface area contributed by atoms with Crippen molar-refractivity contribution in [3.63, 3.8) is 0 Å². The van der Waals surface area contributed by atoms with Gasteiger partial charge < -0.3 is 10.1 Å². The standard InChI is InChI=1S/C15H22N2O3S/c1-3-20-13-9-11(8-12(10-13)17(18)19)16-14-6-5-7-15(14)21-4-2/h8-10,14-16H,3-7H2,1-2H3. The molecule has 0 aromatic heterocycles. The molecule has 21 heavy (non-hydrogen) atoms. The number of anilines is 1. The number of hydrogen-bond acceptors (Lipinski definition) is 5. The summed E-state index contributed by atoms with van der Waals surface area (Å²) in [6.07, 6.45) is 3.54. The van der Waals surface area contributed by atoms with Crippen molar-refractivity contribution >= 4 is 23.1 Å². The maximum Gasteiger partial charge on any atom is 0.275 e. The highest BCUT2D eigenvalue weighted by Gasteiger charge is 2.27. The van der Waals surface area contributed by atoms with Gasteiger partial charge in [0.15, 0.2) is 0 Å². The monoisotopic (exact) mass is 310 g/mol. The van der Waals surface area contributed by atoms with Crippen molar-refractivity contribution < 1.29 is 9.66 Å². The molecule has 116 valence electrons. The van der Waals surface area contributed by atoms with E-state index in [1.54, 1.807) is 6.07 Å². The van der Waals surface area contributed by atoms with Crippen molar-refractivity contribution in [1.29, 1.82) is 0 Å². The predicted octanol–water partition coefficient (Wildman–Crippen LogP) is 4.08. The van der Waals surface area contributed by atoms with Crippen LogP contribution in [0.4, 0.5) is 11.4 Å². The smallest absolute Gasteiger partial charge is 0.275 e. The first-order valence-electron chi connectivity index (χ1n) is 7.44. The first-order valence-corrected chi connectivity index (χ1v) is 8.49. The normalized spacial score (nSPS) is 21.2. The Morgan fingerprint density at radius 2 is 2.19 bits per heavy atom. The molecule has 0 spiro atoms. The zero-order chi connectivity index (χ0) is 15.2. The van der Waals surface area contributed by atoms with Crippen molar-refractivity contribution in [3.05, 3.63) is 28.3 Å². The van der Waals surface area contributed by atoms with Crippen LogP contribution in [-0.2, 0) is 0 Å². The summed E-state index contributed by atoms with van der Waals surface area (Å²) in [7, 11) is 0. The molecule has 0 heterocycles. The highest BCUT2D eigenvalue weighted by atomic mass is 32.2. The van der Waals surface area contributed by atoms with Crippen LogP contribution in [0.1, 0.15) is 33.1 Å². The topological polar surface area (TPSA) is 64.4 Å². The van der Waals surface area contributed by atoms with Gasteiger partial charge in [-0.05, 0) is 25.5 Å². The predicted molar refractivity (Wildman–Crippen MR) is 87.4 cm³/mol. The molecule has 1 fully saturated rings. The maximum atomic E-state index is 11.0. The largest absolute Gasteiger partial charge is 0.494 e. The van der Waals surface area contributed by atoms with Gasteiger partial charge in [-0.25, -0.2) is 0 Å². The number of ether oxygens (including phenoxy) is 1. The van der Waals surface area contributed by atoms with Gasteiger partial charge in [-0.2, -0.15) is 11.8 Å². The lowest BCUT2D eigenvalue weighted by molar-refractivity contribution is -0.384. The Hall–Kier alpha value is -1.43. The van der Waals surface area contributed by atoms with E-state index in [-0.39, 0.29) is 10.6 Å². The third kappa shape index (κ3) is 4.27. The summed E-state index contributed by atoms with van der Waals surface area (Å²) in [5.41, 5.74) is 0.849. The average molecular weight is 310 g/mol. The lowest BCUT2D eigenvalue weighted by Crippen LogP contribution is -2.26. The van der Waals surface area contributed by atoms with Crippen LogP contribution in [0.2, 0.25) is 0 Å². The van der Waals surface area contributed by atoms with Crippen molar-refractivity contribution in [2.24, 2.45) is 0 Å². The fraction of sp³-hybridized carbons (Fsp3) is 0.600. The highest BCUT2D eigenvalue weighted by Crippen LogP contribution is 2.34. The van der Waals surface area contributed by atoms with E-state index >= 15 is 0 Å². The molecule has 1 aromatic carbocycles. The molecule has 1 aromatic rings. The number of nitro benzene ring substituents is 1. The minimum Gasteiger partial charge on any atom is -0.494 e. The van der Waals surface area contributed by atoms with Gasteiger partial charge in [-0.15, -0.1) is 0 Å². The van der Waals surface area contributed by atoms with Crippen LogP contribution in [0.15, 0.2) is 18.2 Å². The molecular formula is C15H22N2O3S. The van der Waals surface area contributed by atoms with Gasteiger partial charge in [-0.3, -0.25) is 10.1 Å². The molecule has 1 aliphatic carbocycles. The summed E-state index contributed by atoms with van der Waals surface area (Å²) in [5, 5.41) is 15.1. The Morgan fingerprint density at radius 1 is 1.38 bits per heavy atom. The molecule has 0 amide bonds. The van der Waals surface area contributed by atoms with Crippen molar-refractivity contribution in [3.8, 4) is 5.75 Å². The summed E-state index contributed by atoms with van der Waals surface area (Å²) in [4.78, 5) is 10.7. The number of hydrogen-bond donors (Lipinski definition) is 1. The number of rotatable bonds is 7. The van der Waals surface area contributed by atoms with Crippen molar-refractivity contribution in [2.45, 2.75) is 44.4 Å². The van der Waals surface area contributed by atoms with Gasteiger partial charge in [0.1, 0.15) is 5.75 Å². The molecule has 1 saturated carbocycles. The molecule has 0 bridgehead atoms. The Bertz CT molecular complexity index is 496. The second kappa shape index (κ2) is 7.54. The SMILES string of the molecule is CCOc1cc(NC2CCCC2SCC)cc([N+](=O)[O-])c1. The molecule has 2 rings (SSSR count). The summed E-state index contributed by atoms with van der Waals surface area (Å²) in [6.45, 7) is 4.54. The number of nitro groups is 1. The van der Waals surface area contributed by atoms with Crippen LogP contribution in [0, 0.1) is 10.1 Å². The fourth-order valence-electron chi connectivity index (χ4n) is 2.74. The van der Waals surface area contributed by atoms with Gasteiger partial charge in [0.2, 0.25) is 0 Å². The summed E-state index contributed by atoms with van der Waals surface area (Å²) < 4.78 is 5.43.